The summed E-state index contributed by atoms with van der Waals surface area (Å²) in [5.41, 5.74) is 1.68. The van der Waals surface area contributed by atoms with E-state index < -0.39 is 10.8 Å². The van der Waals surface area contributed by atoms with Crippen LogP contribution in [0.3, 0.4) is 0 Å². The Bertz CT molecular complexity index is 1230. The number of para-hydroxylation sites is 1. The third kappa shape index (κ3) is 3.68. The van der Waals surface area contributed by atoms with Crippen LogP contribution >= 0.6 is 0 Å². The number of nitrogens with zero attached hydrogens (tertiary/aromatic N) is 1. The van der Waals surface area contributed by atoms with Gasteiger partial charge in [0.2, 0.25) is 0 Å². The summed E-state index contributed by atoms with van der Waals surface area (Å²) in [4.78, 5) is 22.6. The second-order valence-corrected chi connectivity index (χ2v) is 6.24. The normalized spacial score (nSPS) is 10.8. The Kier molecular flexibility index (Phi) is 4.74. The summed E-state index contributed by atoms with van der Waals surface area (Å²) < 4.78 is 16.6. The summed E-state index contributed by atoms with van der Waals surface area (Å²) in [6.45, 7) is -0.317. The molecule has 0 aliphatic carbocycles. The molecule has 1 heterocycles. The van der Waals surface area contributed by atoms with Crippen LogP contribution in [0.5, 0.6) is 11.5 Å². The molecule has 146 valence electrons. The van der Waals surface area contributed by atoms with Crippen LogP contribution in [0, 0.1) is 10.1 Å². The van der Waals surface area contributed by atoms with Gasteiger partial charge in [0.15, 0.2) is 6.61 Å². The van der Waals surface area contributed by atoms with Gasteiger partial charge in [-0.25, -0.2) is 0 Å². The van der Waals surface area contributed by atoms with E-state index in [1.807, 2.05) is 24.3 Å². The minimum Gasteiger partial charge on any atom is -0.495 e. The molecule has 8 heteroatoms. The largest absolute Gasteiger partial charge is 0.495 e. The van der Waals surface area contributed by atoms with Gasteiger partial charge < -0.3 is 19.2 Å². The first-order valence-electron chi connectivity index (χ1n) is 8.71. The molecule has 1 amide bonds. The van der Waals surface area contributed by atoms with Gasteiger partial charge in [0.05, 0.1) is 23.8 Å². The highest BCUT2D eigenvalue weighted by Gasteiger charge is 2.15. The second-order valence-electron chi connectivity index (χ2n) is 6.24. The van der Waals surface area contributed by atoms with Crippen molar-refractivity contribution in [2.75, 3.05) is 19.0 Å². The highest BCUT2D eigenvalue weighted by Crippen LogP contribution is 2.36. The lowest BCUT2D eigenvalue weighted by Crippen LogP contribution is -2.20. The number of rotatable bonds is 6. The number of furan rings is 1. The molecule has 0 saturated carbocycles. The van der Waals surface area contributed by atoms with E-state index >= 15 is 0 Å². The lowest BCUT2D eigenvalue weighted by Gasteiger charge is -2.11. The van der Waals surface area contributed by atoms with Gasteiger partial charge in [0.25, 0.3) is 11.6 Å². The van der Waals surface area contributed by atoms with Gasteiger partial charge in [0.1, 0.15) is 22.7 Å². The Morgan fingerprint density at radius 2 is 1.90 bits per heavy atom. The fourth-order valence-corrected chi connectivity index (χ4v) is 3.04. The zero-order valence-electron chi connectivity index (χ0n) is 15.4. The molecular formula is C21H16N2O6. The van der Waals surface area contributed by atoms with E-state index in [1.165, 1.54) is 25.3 Å². The molecule has 1 aromatic heterocycles. The van der Waals surface area contributed by atoms with Gasteiger partial charge in [-0.2, -0.15) is 0 Å². The van der Waals surface area contributed by atoms with E-state index in [0.717, 1.165) is 16.4 Å². The van der Waals surface area contributed by atoms with E-state index in [-0.39, 0.29) is 18.0 Å². The van der Waals surface area contributed by atoms with E-state index in [9.17, 15) is 14.9 Å². The Labute approximate surface area is 164 Å². The predicted octanol–water partition coefficient (Wildman–Crippen LogP) is 4.52. The molecule has 0 aliphatic heterocycles. The van der Waals surface area contributed by atoms with E-state index in [4.69, 9.17) is 13.9 Å². The fraction of sp³-hybridized carbons (Fsp3) is 0.0952. The molecule has 0 saturated heterocycles. The topological polar surface area (TPSA) is 104 Å². The number of nitro groups is 1. The van der Waals surface area contributed by atoms with E-state index in [1.54, 1.807) is 18.2 Å². The summed E-state index contributed by atoms with van der Waals surface area (Å²) in [5.74, 6) is 0.270. The molecular weight excluding hydrogens is 376 g/mol. The van der Waals surface area contributed by atoms with E-state index in [0.29, 0.717) is 17.0 Å². The predicted molar refractivity (Wildman–Crippen MR) is 107 cm³/mol. The number of anilines is 1. The molecule has 0 aliphatic rings. The number of hydrogen-bond donors (Lipinski definition) is 1. The van der Waals surface area contributed by atoms with Gasteiger partial charge in [-0.3, -0.25) is 14.9 Å². The van der Waals surface area contributed by atoms with Crippen LogP contribution in [0.15, 0.2) is 65.1 Å². The fourth-order valence-electron chi connectivity index (χ4n) is 3.04. The van der Waals surface area contributed by atoms with Gasteiger partial charge >= 0.3 is 0 Å². The number of benzene rings is 3. The number of nitro benzene ring substituents is 1. The summed E-state index contributed by atoms with van der Waals surface area (Å²) in [6.07, 6.45) is 0. The first-order chi connectivity index (χ1) is 14.0. The van der Waals surface area contributed by atoms with Gasteiger partial charge in [0, 0.05) is 22.9 Å². The van der Waals surface area contributed by atoms with Crippen molar-refractivity contribution in [3.8, 4) is 11.5 Å². The highest BCUT2D eigenvalue weighted by atomic mass is 16.6. The van der Waals surface area contributed by atoms with Crippen molar-refractivity contribution >= 4 is 39.2 Å². The maximum Gasteiger partial charge on any atom is 0.273 e. The number of amides is 1. The zero-order chi connectivity index (χ0) is 20.4. The average Bonchev–Trinajstić information content (AvgIpc) is 3.09. The molecule has 1 N–H and O–H groups in total. The number of non-ortho nitro benzene ring substituents is 1. The Morgan fingerprint density at radius 1 is 1.07 bits per heavy atom. The minimum atomic E-state index is -0.527. The molecule has 3 aromatic carbocycles. The van der Waals surface area contributed by atoms with Crippen molar-refractivity contribution in [1.29, 1.82) is 0 Å². The number of ether oxygens (including phenoxy) is 2. The number of carbonyl (C=O) groups is 1. The number of hydrogen-bond acceptors (Lipinski definition) is 6. The minimum absolute atomic E-state index is 0.111. The standard InChI is InChI=1S/C21H16N2O6/c1-27-20-10-16-15-7-2-3-8-18(15)29-19(16)11-17(20)22-21(24)12-28-14-6-4-5-13(9-14)23(25)26/h2-11H,12H2,1H3,(H,22,24). The number of nitrogens with one attached hydrogen (secondary N) is 1. The van der Waals surface area contributed by atoms with Crippen molar-refractivity contribution in [1.82, 2.24) is 0 Å². The van der Waals surface area contributed by atoms with Crippen molar-refractivity contribution in [3.63, 3.8) is 0 Å². The van der Waals surface area contributed by atoms with Crippen LogP contribution in [-0.2, 0) is 4.79 Å². The average molecular weight is 392 g/mol. The molecule has 0 atom stereocenters. The molecule has 0 fully saturated rings. The highest BCUT2D eigenvalue weighted by molar-refractivity contribution is 6.07. The third-order valence-electron chi connectivity index (χ3n) is 4.37. The number of methoxy groups -OCH3 is 1. The Hall–Kier alpha value is -4.07. The summed E-state index contributed by atoms with van der Waals surface area (Å²) in [5, 5.41) is 15.4. The summed E-state index contributed by atoms with van der Waals surface area (Å²) in [6, 6.07) is 16.8. The van der Waals surface area contributed by atoms with Gasteiger partial charge in [-0.05, 0) is 18.2 Å². The van der Waals surface area contributed by atoms with Crippen LogP contribution in [0.4, 0.5) is 11.4 Å². The van der Waals surface area contributed by atoms with Crippen molar-refractivity contribution < 1.29 is 23.6 Å². The molecule has 4 aromatic rings. The Balaban J connectivity index is 1.53. The quantitative estimate of drug-likeness (QED) is 0.382. The van der Waals surface area contributed by atoms with Crippen molar-refractivity contribution in [2.45, 2.75) is 0 Å². The molecule has 29 heavy (non-hydrogen) atoms. The molecule has 0 unspecified atom stereocenters. The van der Waals surface area contributed by atoms with Crippen LogP contribution in [0.25, 0.3) is 21.9 Å². The monoisotopic (exact) mass is 392 g/mol. The van der Waals surface area contributed by atoms with E-state index in [2.05, 4.69) is 5.32 Å². The number of carbonyl (C=O) groups excluding carboxylic acids is 1. The van der Waals surface area contributed by atoms with Crippen LogP contribution in [0.1, 0.15) is 0 Å². The molecule has 8 nitrogen and oxygen atoms in total. The summed E-state index contributed by atoms with van der Waals surface area (Å²) >= 11 is 0. The smallest absolute Gasteiger partial charge is 0.273 e. The zero-order valence-corrected chi connectivity index (χ0v) is 15.4. The Morgan fingerprint density at radius 3 is 2.69 bits per heavy atom. The number of fused-ring (bicyclic) bond motifs is 3. The molecule has 0 spiro atoms. The summed E-state index contributed by atoms with van der Waals surface area (Å²) in [7, 11) is 1.51. The molecule has 0 radical (unpaired) electrons. The van der Waals surface area contributed by atoms with Crippen molar-refractivity contribution in [3.05, 3.63) is 70.8 Å². The first kappa shape index (κ1) is 18.3. The van der Waals surface area contributed by atoms with Gasteiger partial charge in [-0.15, -0.1) is 0 Å². The van der Waals surface area contributed by atoms with Crippen LogP contribution in [0.2, 0.25) is 0 Å². The maximum absolute atomic E-state index is 12.3. The second kappa shape index (κ2) is 7.51. The first-order valence-corrected chi connectivity index (χ1v) is 8.71. The van der Waals surface area contributed by atoms with Crippen molar-refractivity contribution in [2.24, 2.45) is 0 Å². The molecule has 4 rings (SSSR count). The lowest BCUT2D eigenvalue weighted by atomic mass is 10.1. The van der Waals surface area contributed by atoms with Gasteiger partial charge in [-0.1, -0.05) is 24.3 Å². The maximum atomic E-state index is 12.3. The van der Waals surface area contributed by atoms with Crippen LogP contribution < -0.4 is 14.8 Å². The third-order valence-corrected chi connectivity index (χ3v) is 4.37. The SMILES string of the molecule is COc1cc2c(cc1NC(=O)COc1cccc([N+](=O)[O-])c1)oc1ccccc12. The van der Waals surface area contributed by atoms with Crippen LogP contribution in [-0.4, -0.2) is 24.5 Å². The lowest BCUT2D eigenvalue weighted by molar-refractivity contribution is -0.384. The molecule has 0 bridgehead atoms.